The van der Waals surface area contributed by atoms with Gasteiger partial charge < -0.3 is 10.2 Å². The van der Waals surface area contributed by atoms with Crippen LogP contribution in [0.25, 0.3) is 0 Å². The SMILES string of the molecule is O=C(Cn1cncn1)N[C@@H]1CCCN(CC2CCCCC2)C1. The molecular formula is C16H27N5O. The minimum atomic E-state index is 0.0371. The van der Waals surface area contributed by atoms with E-state index < -0.39 is 0 Å². The van der Waals surface area contributed by atoms with Crippen LogP contribution < -0.4 is 5.32 Å². The van der Waals surface area contributed by atoms with Crippen LogP contribution in [0, 0.1) is 5.92 Å². The van der Waals surface area contributed by atoms with Gasteiger partial charge in [-0.15, -0.1) is 0 Å². The Morgan fingerprint density at radius 3 is 2.82 bits per heavy atom. The highest BCUT2D eigenvalue weighted by molar-refractivity contribution is 5.75. The molecule has 1 atom stereocenters. The van der Waals surface area contributed by atoms with Crippen LogP contribution in [-0.2, 0) is 11.3 Å². The van der Waals surface area contributed by atoms with Gasteiger partial charge >= 0.3 is 0 Å². The molecule has 22 heavy (non-hydrogen) atoms. The number of piperidine rings is 1. The fourth-order valence-electron chi connectivity index (χ4n) is 3.81. The first-order valence-corrected chi connectivity index (χ1v) is 8.64. The molecule has 0 radical (unpaired) electrons. The highest BCUT2D eigenvalue weighted by Crippen LogP contribution is 2.25. The van der Waals surface area contributed by atoms with Crippen molar-refractivity contribution in [1.82, 2.24) is 25.0 Å². The molecule has 1 saturated carbocycles. The maximum Gasteiger partial charge on any atom is 0.242 e. The molecule has 1 amide bonds. The molecule has 2 heterocycles. The monoisotopic (exact) mass is 305 g/mol. The number of carbonyl (C=O) groups is 1. The molecule has 0 spiro atoms. The molecule has 2 aliphatic rings. The predicted octanol–water partition coefficient (Wildman–Crippen LogP) is 1.44. The molecule has 0 aromatic carbocycles. The van der Waals surface area contributed by atoms with E-state index in [9.17, 15) is 4.79 Å². The zero-order valence-corrected chi connectivity index (χ0v) is 13.3. The van der Waals surface area contributed by atoms with Crippen LogP contribution >= 0.6 is 0 Å². The maximum absolute atomic E-state index is 12.1. The first-order valence-electron chi connectivity index (χ1n) is 8.64. The second-order valence-electron chi connectivity index (χ2n) is 6.76. The van der Waals surface area contributed by atoms with Gasteiger partial charge in [-0.25, -0.2) is 9.67 Å². The summed E-state index contributed by atoms with van der Waals surface area (Å²) in [5, 5.41) is 7.13. The van der Waals surface area contributed by atoms with Crippen LogP contribution in [0.15, 0.2) is 12.7 Å². The Bertz CT molecular complexity index is 455. The minimum absolute atomic E-state index is 0.0371. The van der Waals surface area contributed by atoms with Crippen molar-refractivity contribution in [3.8, 4) is 0 Å². The third-order valence-electron chi connectivity index (χ3n) is 4.88. The van der Waals surface area contributed by atoms with Crippen molar-refractivity contribution in [3.05, 3.63) is 12.7 Å². The fraction of sp³-hybridized carbons (Fsp3) is 0.812. The van der Waals surface area contributed by atoms with Crippen LogP contribution in [-0.4, -0.2) is 51.2 Å². The number of nitrogens with zero attached hydrogens (tertiary/aromatic N) is 4. The van der Waals surface area contributed by atoms with E-state index in [1.54, 1.807) is 11.0 Å². The van der Waals surface area contributed by atoms with E-state index in [0.29, 0.717) is 0 Å². The Morgan fingerprint density at radius 2 is 2.05 bits per heavy atom. The number of rotatable bonds is 5. The van der Waals surface area contributed by atoms with Crippen molar-refractivity contribution in [2.75, 3.05) is 19.6 Å². The molecule has 1 aliphatic carbocycles. The van der Waals surface area contributed by atoms with E-state index in [4.69, 9.17) is 0 Å². The van der Waals surface area contributed by atoms with Gasteiger partial charge in [0.15, 0.2) is 0 Å². The molecule has 0 bridgehead atoms. The standard InChI is InChI=1S/C16H27N5O/c22-16(11-21-13-17-12-18-21)19-15-7-4-8-20(10-15)9-14-5-2-1-3-6-14/h12-15H,1-11H2,(H,19,22)/t15-/m1/s1. The van der Waals surface area contributed by atoms with Crippen LogP contribution in [0.2, 0.25) is 0 Å². The molecule has 1 aliphatic heterocycles. The van der Waals surface area contributed by atoms with Crippen molar-refractivity contribution >= 4 is 5.91 Å². The number of carbonyl (C=O) groups excluding carboxylic acids is 1. The van der Waals surface area contributed by atoms with Gasteiger partial charge in [0.2, 0.25) is 5.91 Å². The molecule has 122 valence electrons. The third kappa shape index (κ3) is 4.53. The van der Waals surface area contributed by atoms with Crippen molar-refractivity contribution in [2.24, 2.45) is 5.92 Å². The summed E-state index contributed by atoms with van der Waals surface area (Å²) in [5.74, 6) is 0.911. The molecular weight excluding hydrogens is 278 g/mol. The lowest BCUT2D eigenvalue weighted by atomic mass is 9.88. The molecule has 2 fully saturated rings. The Kier molecular flexibility index (Phi) is 5.43. The van der Waals surface area contributed by atoms with Crippen molar-refractivity contribution in [2.45, 2.75) is 57.5 Å². The van der Waals surface area contributed by atoms with Gasteiger partial charge in [-0.05, 0) is 38.1 Å². The number of hydrogen-bond donors (Lipinski definition) is 1. The molecule has 1 aromatic heterocycles. The van der Waals surface area contributed by atoms with Crippen LogP contribution in [0.5, 0.6) is 0 Å². The summed E-state index contributed by atoms with van der Waals surface area (Å²) in [6, 6.07) is 0.286. The number of nitrogens with one attached hydrogen (secondary N) is 1. The second-order valence-corrected chi connectivity index (χ2v) is 6.76. The minimum Gasteiger partial charge on any atom is -0.350 e. The van der Waals surface area contributed by atoms with Crippen LogP contribution in [0.3, 0.4) is 0 Å². The Labute approximate surface area is 132 Å². The first-order chi connectivity index (χ1) is 10.8. The van der Waals surface area contributed by atoms with Crippen LogP contribution in [0.4, 0.5) is 0 Å². The van der Waals surface area contributed by atoms with Gasteiger partial charge in [0, 0.05) is 19.1 Å². The number of hydrogen-bond acceptors (Lipinski definition) is 4. The zero-order chi connectivity index (χ0) is 15.2. The van der Waals surface area contributed by atoms with E-state index in [1.165, 1.54) is 57.9 Å². The van der Waals surface area contributed by atoms with E-state index in [1.807, 2.05) is 0 Å². The highest BCUT2D eigenvalue weighted by atomic mass is 16.2. The summed E-state index contributed by atoms with van der Waals surface area (Å²) in [4.78, 5) is 18.5. The summed E-state index contributed by atoms with van der Waals surface area (Å²) in [5.41, 5.74) is 0. The molecule has 6 heteroatoms. The fourth-order valence-corrected chi connectivity index (χ4v) is 3.81. The average Bonchev–Trinajstić information content (AvgIpc) is 3.01. The van der Waals surface area contributed by atoms with Crippen LogP contribution in [0.1, 0.15) is 44.9 Å². The lowest BCUT2D eigenvalue weighted by Crippen LogP contribution is -2.49. The normalized spacial score (nSPS) is 24.3. The third-order valence-corrected chi connectivity index (χ3v) is 4.88. The summed E-state index contributed by atoms with van der Waals surface area (Å²) in [6.45, 7) is 3.67. The van der Waals surface area contributed by atoms with E-state index in [2.05, 4.69) is 20.3 Å². The number of likely N-dealkylation sites (tertiary alicyclic amines) is 1. The molecule has 0 unspecified atom stereocenters. The Balaban J connectivity index is 1.42. The molecule has 1 aromatic rings. The molecule has 6 nitrogen and oxygen atoms in total. The molecule has 1 N–H and O–H groups in total. The van der Waals surface area contributed by atoms with Gasteiger partial charge in [-0.1, -0.05) is 19.3 Å². The van der Waals surface area contributed by atoms with Gasteiger partial charge in [0.05, 0.1) is 0 Å². The van der Waals surface area contributed by atoms with Gasteiger partial charge in [0.25, 0.3) is 0 Å². The van der Waals surface area contributed by atoms with Gasteiger partial charge in [0.1, 0.15) is 19.2 Å². The van der Waals surface area contributed by atoms with Crippen molar-refractivity contribution in [1.29, 1.82) is 0 Å². The molecule has 1 saturated heterocycles. The lowest BCUT2D eigenvalue weighted by Gasteiger charge is -2.36. The maximum atomic E-state index is 12.1. The topological polar surface area (TPSA) is 63.1 Å². The predicted molar refractivity (Wildman–Crippen MR) is 84.2 cm³/mol. The molecule has 3 rings (SSSR count). The van der Waals surface area contributed by atoms with E-state index in [-0.39, 0.29) is 18.5 Å². The Hall–Kier alpha value is -1.43. The zero-order valence-electron chi connectivity index (χ0n) is 13.3. The number of amides is 1. The highest BCUT2D eigenvalue weighted by Gasteiger charge is 2.24. The summed E-state index contributed by atoms with van der Waals surface area (Å²) in [7, 11) is 0. The largest absolute Gasteiger partial charge is 0.350 e. The van der Waals surface area contributed by atoms with Gasteiger partial charge in [-0.3, -0.25) is 4.79 Å². The summed E-state index contributed by atoms with van der Waals surface area (Å²) < 4.78 is 1.57. The Morgan fingerprint density at radius 1 is 1.18 bits per heavy atom. The number of aromatic nitrogens is 3. The van der Waals surface area contributed by atoms with Crippen molar-refractivity contribution in [3.63, 3.8) is 0 Å². The summed E-state index contributed by atoms with van der Waals surface area (Å²) >= 11 is 0. The van der Waals surface area contributed by atoms with Crippen molar-refractivity contribution < 1.29 is 4.79 Å². The van der Waals surface area contributed by atoms with E-state index >= 15 is 0 Å². The second kappa shape index (κ2) is 7.72. The summed E-state index contributed by atoms with van der Waals surface area (Å²) in [6.07, 6.45) is 12.3. The quantitative estimate of drug-likeness (QED) is 0.894. The van der Waals surface area contributed by atoms with E-state index in [0.717, 1.165) is 18.9 Å². The smallest absolute Gasteiger partial charge is 0.242 e. The van der Waals surface area contributed by atoms with Gasteiger partial charge in [-0.2, -0.15) is 5.10 Å². The first kappa shape index (κ1) is 15.5. The lowest BCUT2D eigenvalue weighted by molar-refractivity contribution is -0.123. The average molecular weight is 305 g/mol.